The van der Waals surface area contributed by atoms with E-state index in [0.29, 0.717) is 6.61 Å². The van der Waals surface area contributed by atoms with Gasteiger partial charge >= 0.3 is 0 Å². The highest BCUT2D eigenvalue weighted by molar-refractivity contribution is 4.93. The Kier molecular flexibility index (Phi) is 3.56. The van der Waals surface area contributed by atoms with E-state index in [1.54, 1.807) is 10.9 Å². The Hall–Kier alpha value is -0.940. The summed E-state index contributed by atoms with van der Waals surface area (Å²) in [5.74, 6) is 0. The summed E-state index contributed by atoms with van der Waals surface area (Å²) in [5.41, 5.74) is 1.19. The van der Waals surface area contributed by atoms with Crippen molar-refractivity contribution < 1.29 is 5.11 Å². The van der Waals surface area contributed by atoms with E-state index in [9.17, 15) is 5.11 Å². The molecule has 0 saturated heterocycles. The number of hydrogen-bond donors (Lipinski definition) is 2. The van der Waals surface area contributed by atoms with Crippen molar-refractivity contribution in [2.75, 3.05) is 13.2 Å². The van der Waals surface area contributed by atoms with Crippen LogP contribution in [0.5, 0.6) is 0 Å². The topological polar surface area (TPSA) is 63.0 Å². The highest BCUT2D eigenvalue weighted by Gasteiger charge is 2.32. The van der Waals surface area contributed by atoms with Gasteiger partial charge in [0.25, 0.3) is 0 Å². The average molecular weight is 224 g/mol. The van der Waals surface area contributed by atoms with E-state index < -0.39 is 0 Å². The molecule has 0 unspecified atom stereocenters. The lowest BCUT2D eigenvalue weighted by atomic mass is 9.87. The Labute approximate surface area is 95.8 Å². The van der Waals surface area contributed by atoms with Crippen molar-refractivity contribution in [1.82, 2.24) is 20.3 Å². The van der Waals surface area contributed by atoms with E-state index in [4.69, 9.17) is 0 Å². The van der Waals surface area contributed by atoms with E-state index in [2.05, 4.69) is 15.6 Å². The summed E-state index contributed by atoms with van der Waals surface area (Å²) < 4.78 is 1.77. The Morgan fingerprint density at radius 2 is 2.25 bits per heavy atom. The van der Waals surface area contributed by atoms with Crippen molar-refractivity contribution in [3.05, 3.63) is 11.9 Å². The smallest absolute Gasteiger partial charge is 0.0738 e. The number of hydrogen-bond acceptors (Lipinski definition) is 4. The minimum Gasteiger partial charge on any atom is -0.396 e. The van der Waals surface area contributed by atoms with Crippen LogP contribution in [0.3, 0.4) is 0 Å². The van der Waals surface area contributed by atoms with Crippen molar-refractivity contribution in [2.24, 2.45) is 12.5 Å². The van der Waals surface area contributed by atoms with E-state index in [0.717, 1.165) is 31.6 Å². The van der Waals surface area contributed by atoms with Gasteiger partial charge in [-0.05, 0) is 12.8 Å². The summed E-state index contributed by atoms with van der Waals surface area (Å²) in [6, 6.07) is 0. The molecule has 0 atom stereocenters. The van der Waals surface area contributed by atoms with E-state index >= 15 is 0 Å². The van der Waals surface area contributed by atoms with E-state index in [-0.39, 0.29) is 5.41 Å². The zero-order chi connectivity index (χ0) is 11.4. The monoisotopic (exact) mass is 224 g/mol. The molecular weight excluding hydrogens is 204 g/mol. The molecule has 1 saturated carbocycles. The SMILES string of the molecule is Cn1nncc1CNCC1(CO)CCCC1. The van der Waals surface area contributed by atoms with Crippen molar-refractivity contribution in [1.29, 1.82) is 0 Å². The van der Waals surface area contributed by atoms with Crippen LogP contribution >= 0.6 is 0 Å². The van der Waals surface area contributed by atoms with Crippen LogP contribution in [0.1, 0.15) is 31.4 Å². The first kappa shape index (κ1) is 11.5. The minimum atomic E-state index is 0.117. The van der Waals surface area contributed by atoms with Gasteiger partial charge in [0.2, 0.25) is 0 Å². The lowest BCUT2D eigenvalue weighted by molar-refractivity contribution is 0.128. The van der Waals surface area contributed by atoms with Crippen LogP contribution in [0.4, 0.5) is 0 Å². The maximum Gasteiger partial charge on any atom is 0.0738 e. The van der Waals surface area contributed by atoms with Gasteiger partial charge in [-0.2, -0.15) is 0 Å². The molecule has 0 amide bonds. The molecule has 5 nitrogen and oxygen atoms in total. The molecule has 0 aromatic carbocycles. The number of aromatic nitrogens is 3. The molecule has 1 aromatic heterocycles. The molecule has 5 heteroatoms. The molecule has 1 aliphatic rings. The number of aliphatic hydroxyl groups excluding tert-OH is 1. The van der Waals surface area contributed by atoms with Gasteiger partial charge in [-0.25, -0.2) is 0 Å². The number of nitrogens with zero attached hydrogens (tertiary/aromatic N) is 3. The second-order valence-electron chi connectivity index (χ2n) is 4.82. The van der Waals surface area contributed by atoms with Crippen molar-refractivity contribution in [3.63, 3.8) is 0 Å². The second-order valence-corrected chi connectivity index (χ2v) is 4.82. The fourth-order valence-electron chi connectivity index (χ4n) is 2.44. The molecule has 2 rings (SSSR count). The molecule has 0 radical (unpaired) electrons. The summed E-state index contributed by atoms with van der Waals surface area (Å²) in [6.45, 7) is 1.95. The van der Waals surface area contributed by atoms with Gasteiger partial charge in [0, 0.05) is 32.2 Å². The third-order valence-corrected chi connectivity index (χ3v) is 3.61. The summed E-state index contributed by atoms with van der Waals surface area (Å²) >= 11 is 0. The Morgan fingerprint density at radius 3 is 2.81 bits per heavy atom. The highest BCUT2D eigenvalue weighted by Crippen LogP contribution is 2.36. The van der Waals surface area contributed by atoms with Crippen LogP contribution < -0.4 is 5.32 Å². The third-order valence-electron chi connectivity index (χ3n) is 3.61. The van der Waals surface area contributed by atoms with Crippen LogP contribution in [-0.2, 0) is 13.6 Å². The summed E-state index contributed by atoms with van der Waals surface area (Å²) in [5, 5.41) is 20.6. The first-order chi connectivity index (χ1) is 7.76. The molecule has 0 spiro atoms. The molecule has 0 aliphatic heterocycles. The van der Waals surface area contributed by atoms with Crippen molar-refractivity contribution in [2.45, 2.75) is 32.2 Å². The van der Waals surface area contributed by atoms with Gasteiger partial charge in [-0.1, -0.05) is 18.1 Å². The van der Waals surface area contributed by atoms with Gasteiger partial charge in [0.05, 0.1) is 11.9 Å². The lowest BCUT2D eigenvalue weighted by Crippen LogP contribution is -2.35. The number of nitrogens with one attached hydrogen (secondary N) is 1. The number of rotatable bonds is 5. The summed E-state index contributed by atoms with van der Waals surface area (Å²) in [6.07, 6.45) is 6.54. The van der Waals surface area contributed by atoms with Crippen LogP contribution in [0.15, 0.2) is 6.20 Å². The van der Waals surface area contributed by atoms with Crippen LogP contribution in [0, 0.1) is 5.41 Å². The van der Waals surface area contributed by atoms with E-state index in [1.165, 1.54) is 12.8 Å². The first-order valence-corrected chi connectivity index (χ1v) is 5.91. The highest BCUT2D eigenvalue weighted by atomic mass is 16.3. The van der Waals surface area contributed by atoms with Crippen LogP contribution in [-0.4, -0.2) is 33.3 Å². The fourth-order valence-corrected chi connectivity index (χ4v) is 2.44. The first-order valence-electron chi connectivity index (χ1n) is 5.91. The third kappa shape index (κ3) is 2.41. The summed E-state index contributed by atoms with van der Waals surface area (Å²) in [7, 11) is 1.89. The average Bonchev–Trinajstić information content (AvgIpc) is 2.90. The van der Waals surface area contributed by atoms with Gasteiger partial charge in [0.15, 0.2) is 0 Å². The number of aliphatic hydroxyl groups is 1. The molecule has 1 heterocycles. The summed E-state index contributed by atoms with van der Waals surface area (Å²) in [4.78, 5) is 0. The molecular formula is C11H20N4O. The van der Waals surface area contributed by atoms with Gasteiger partial charge < -0.3 is 10.4 Å². The lowest BCUT2D eigenvalue weighted by Gasteiger charge is -2.26. The fraction of sp³-hybridized carbons (Fsp3) is 0.818. The van der Waals surface area contributed by atoms with Gasteiger partial charge in [-0.15, -0.1) is 5.10 Å². The molecule has 16 heavy (non-hydrogen) atoms. The number of aryl methyl sites for hydroxylation is 1. The largest absolute Gasteiger partial charge is 0.396 e. The standard InChI is InChI=1S/C11H20N4O/c1-15-10(7-13-14-15)6-12-8-11(9-16)4-2-3-5-11/h7,12,16H,2-6,8-9H2,1H3. The molecule has 2 N–H and O–H groups in total. The maximum absolute atomic E-state index is 9.46. The molecule has 0 bridgehead atoms. The quantitative estimate of drug-likeness (QED) is 0.762. The zero-order valence-corrected chi connectivity index (χ0v) is 9.82. The van der Waals surface area contributed by atoms with Crippen LogP contribution in [0.25, 0.3) is 0 Å². The molecule has 1 fully saturated rings. The van der Waals surface area contributed by atoms with Crippen LogP contribution in [0.2, 0.25) is 0 Å². The Morgan fingerprint density at radius 1 is 1.50 bits per heavy atom. The van der Waals surface area contributed by atoms with Gasteiger partial charge in [0.1, 0.15) is 0 Å². The van der Waals surface area contributed by atoms with Gasteiger partial charge in [-0.3, -0.25) is 4.68 Å². The zero-order valence-electron chi connectivity index (χ0n) is 9.82. The predicted octanol–water partition coefficient (Wildman–Crippen LogP) is 0.457. The second kappa shape index (κ2) is 4.93. The predicted molar refractivity (Wildman–Crippen MR) is 60.7 cm³/mol. The Bertz CT molecular complexity index is 330. The van der Waals surface area contributed by atoms with Crippen molar-refractivity contribution in [3.8, 4) is 0 Å². The Balaban J connectivity index is 1.81. The molecule has 1 aromatic rings. The van der Waals surface area contributed by atoms with Crippen molar-refractivity contribution >= 4 is 0 Å². The minimum absolute atomic E-state index is 0.117. The normalized spacial score (nSPS) is 19.1. The maximum atomic E-state index is 9.46. The molecule has 1 aliphatic carbocycles. The molecule has 90 valence electrons. The van der Waals surface area contributed by atoms with E-state index in [1.807, 2.05) is 7.05 Å².